The lowest BCUT2D eigenvalue weighted by atomic mass is 10.0. The molecule has 1 aromatic heterocycles. The molecule has 0 unspecified atom stereocenters. The summed E-state index contributed by atoms with van der Waals surface area (Å²) in [6.45, 7) is 6.05. The first-order valence-electron chi connectivity index (χ1n) is 6.05. The van der Waals surface area contributed by atoms with E-state index >= 15 is 0 Å². The lowest BCUT2D eigenvalue weighted by molar-refractivity contribution is 0.204. The maximum atomic E-state index is 11.4. The fraction of sp³-hybridized carbons (Fsp3) is 0.615. The van der Waals surface area contributed by atoms with Crippen LogP contribution in [0, 0.1) is 5.92 Å². The smallest absolute Gasteiger partial charge is 0.223 e. The predicted octanol–water partition coefficient (Wildman–Crippen LogP) is 1.70. The molecule has 1 aromatic rings. The zero-order valence-corrected chi connectivity index (χ0v) is 10.7. The summed E-state index contributed by atoms with van der Waals surface area (Å²) in [7, 11) is 0. The molecule has 0 aliphatic carbocycles. The number of aromatic hydroxyl groups is 1. The molecule has 17 heavy (non-hydrogen) atoms. The van der Waals surface area contributed by atoms with Crippen molar-refractivity contribution >= 4 is 0 Å². The van der Waals surface area contributed by atoms with Crippen molar-refractivity contribution in [1.82, 2.24) is 4.57 Å². The Morgan fingerprint density at radius 3 is 2.53 bits per heavy atom. The van der Waals surface area contributed by atoms with Gasteiger partial charge in [0.05, 0.1) is 18.3 Å². The number of pyridine rings is 1. The normalized spacial score (nSPS) is 13.0. The maximum absolute atomic E-state index is 11.4. The Balaban J connectivity index is 3.19. The molecule has 0 fully saturated rings. The summed E-state index contributed by atoms with van der Waals surface area (Å²) in [6.07, 6.45) is 3.03. The minimum absolute atomic E-state index is 0.00743. The molecule has 4 nitrogen and oxygen atoms in total. The third-order valence-electron chi connectivity index (χ3n) is 2.89. The quantitative estimate of drug-likeness (QED) is 0.822. The predicted molar refractivity (Wildman–Crippen MR) is 67.3 cm³/mol. The van der Waals surface area contributed by atoms with Crippen LogP contribution in [0.1, 0.15) is 38.9 Å². The number of aliphatic hydroxyl groups excluding tert-OH is 1. The molecule has 1 rings (SSSR count). The van der Waals surface area contributed by atoms with E-state index in [0.29, 0.717) is 18.0 Å². The van der Waals surface area contributed by atoms with E-state index in [2.05, 4.69) is 13.8 Å². The Kier molecular flexibility index (Phi) is 4.75. The minimum Gasteiger partial charge on any atom is -0.503 e. The summed E-state index contributed by atoms with van der Waals surface area (Å²) in [5, 5.41) is 19.2. The number of hydrogen-bond acceptors (Lipinski definition) is 3. The van der Waals surface area contributed by atoms with Gasteiger partial charge in [-0.1, -0.05) is 20.8 Å². The second-order valence-electron chi connectivity index (χ2n) is 4.70. The van der Waals surface area contributed by atoms with Crippen molar-refractivity contribution in [3.05, 3.63) is 28.2 Å². The Bertz CT molecular complexity index is 423. The van der Waals surface area contributed by atoms with E-state index in [-0.39, 0.29) is 23.8 Å². The number of hydrogen-bond donors (Lipinski definition) is 2. The highest BCUT2D eigenvalue weighted by Gasteiger charge is 2.16. The second-order valence-corrected chi connectivity index (χ2v) is 4.70. The summed E-state index contributed by atoms with van der Waals surface area (Å²) in [5.74, 6) is 0.246. The van der Waals surface area contributed by atoms with Gasteiger partial charge in [-0.25, -0.2) is 0 Å². The van der Waals surface area contributed by atoms with Gasteiger partial charge in [0.15, 0.2) is 5.75 Å². The number of rotatable bonds is 5. The van der Waals surface area contributed by atoms with Gasteiger partial charge >= 0.3 is 0 Å². The summed E-state index contributed by atoms with van der Waals surface area (Å²) < 4.78 is 1.82. The highest BCUT2D eigenvalue weighted by Crippen LogP contribution is 2.22. The highest BCUT2D eigenvalue weighted by atomic mass is 16.3. The van der Waals surface area contributed by atoms with E-state index in [1.165, 1.54) is 6.07 Å². The van der Waals surface area contributed by atoms with E-state index in [0.717, 1.165) is 6.42 Å². The van der Waals surface area contributed by atoms with Gasteiger partial charge in [0.1, 0.15) is 0 Å². The van der Waals surface area contributed by atoms with Crippen molar-refractivity contribution in [2.45, 2.75) is 39.7 Å². The molecule has 0 aliphatic rings. The summed E-state index contributed by atoms with van der Waals surface area (Å²) in [6, 6.07) is 1.26. The van der Waals surface area contributed by atoms with Gasteiger partial charge in [0.2, 0.25) is 5.43 Å². The SMILES string of the molecule is CCc1c(O)c(=O)ccn1[C@H](CO)CC(C)C. The van der Waals surface area contributed by atoms with Crippen LogP contribution in [0.25, 0.3) is 0 Å². The third-order valence-corrected chi connectivity index (χ3v) is 2.89. The van der Waals surface area contributed by atoms with Crippen LogP contribution in [0.5, 0.6) is 5.75 Å². The van der Waals surface area contributed by atoms with Gasteiger partial charge in [-0.05, 0) is 18.8 Å². The Labute approximate surface area is 102 Å². The van der Waals surface area contributed by atoms with E-state index in [9.17, 15) is 15.0 Å². The molecule has 0 aliphatic heterocycles. The van der Waals surface area contributed by atoms with Crippen molar-refractivity contribution in [3.63, 3.8) is 0 Å². The number of aromatic nitrogens is 1. The average Bonchev–Trinajstić information content (AvgIpc) is 2.29. The number of aliphatic hydroxyl groups is 1. The summed E-state index contributed by atoms with van der Waals surface area (Å²) in [5.41, 5.74) is 0.233. The minimum atomic E-state index is -0.362. The zero-order valence-electron chi connectivity index (χ0n) is 10.7. The molecule has 96 valence electrons. The van der Waals surface area contributed by atoms with Gasteiger partial charge in [-0.15, -0.1) is 0 Å². The van der Waals surface area contributed by atoms with Gasteiger partial charge < -0.3 is 14.8 Å². The summed E-state index contributed by atoms with van der Waals surface area (Å²) in [4.78, 5) is 11.4. The first-order valence-corrected chi connectivity index (χ1v) is 6.05. The summed E-state index contributed by atoms with van der Waals surface area (Å²) >= 11 is 0. The molecule has 1 atom stereocenters. The number of nitrogens with zero attached hydrogens (tertiary/aromatic N) is 1. The second kappa shape index (κ2) is 5.87. The van der Waals surface area contributed by atoms with Gasteiger partial charge in [-0.2, -0.15) is 0 Å². The Morgan fingerprint density at radius 2 is 2.06 bits per heavy atom. The van der Waals surface area contributed by atoms with E-state index < -0.39 is 0 Å². The molecular formula is C13H21NO3. The first kappa shape index (κ1) is 13.8. The largest absolute Gasteiger partial charge is 0.503 e. The average molecular weight is 239 g/mol. The van der Waals surface area contributed by atoms with E-state index in [1.54, 1.807) is 6.20 Å². The standard InChI is InChI=1S/C13H21NO3/c1-4-11-13(17)12(16)5-6-14(11)10(8-15)7-9(2)3/h5-6,9-10,15,17H,4,7-8H2,1-3H3/t10-/m0/s1. The highest BCUT2D eigenvalue weighted by molar-refractivity contribution is 5.27. The molecule has 2 N–H and O–H groups in total. The maximum Gasteiger partial charge on any atom is 0.223 e. The van der Waals surface area contributed by atoms with Crippen LogP contribution in [-0.2, 0) is 6.42 Å². The Hall–Kier alpha value is -1.29. The topological polar surface area (TPSA) is 62.5 Å². The zero-order chi connectivity index (χ0) is 13.0. The fourth-order valence-electron chi connectivity index (χ4n) is 2.09. The third kappa shape index (κ3) is 3.09. The van der Waals surface area contributed by atoms with Crippen molar-refractivity contribution < 1.29 is 10.2 Å². The van der Waals surface area contributed by atoms with Crippen LogP contribution in [0.15, 0.2) is 17.1 Å². The van der Waals surface area contributed by atoms with Crippen molar-refractivity contribution in [1.29, 1.82) is 0 Å². The first-order chi connectivity index (χ1) is 8.01. The lowest BCUT2D eigenvalue weighted by Gasteiger charge is -2.23. The monoisotopic (exact) mass is 239 g/mol. The molecule has 1 heterocycles. The molecule has 0 saturated heterocycles. The van der Waals surface area contributed by atoms with Crippen LogP contribution in [-0.4, -0.2) is 21.4 Å². The van der Waals surface area contributed by atoms with E-state index in [4.69, 9.17) is 0 Å². The molecule has 0 bridgehead atoms. The van der Waals surface area contributed by atoms with Crippen LogP contribution in [0.4, 0.5) is 0 Å². The van der Waals surface area contributed by atoms with Crippen LogP contribution < -0.4 is 5.43 Å². The molecule has 0 radical (unpaired) electrons. The molecule has 4 heteroatoms. The lowest BCUT2D eigenvalue weighted by Crippen LogP contribution is -2.21. The molecule has 0 amide bonds. The van der Waals surface area contributed by atoms with Gasteiger partial charge in [-0.3, -0.25) is 4.79 Å². The van der Waals surface area contributed by atoms with Gasteiger partial charge in [0.25, 0.3) is 0 Å². The fourth-order valence-corrected chi connectivity index (χ4v) is 2.09. The molecule has 0 saturated carbocycles. The Morgan fingerprint density at radius 1 is 1.41 bits per heavy atom. The molecule has 0 spiro atoms. The van der Waals surface area contributed by atoms with Crippen LogP contribution >= 0.6 is 0 Å². The molecule has 0 aromatic carbocycles. The van der Waals surface area contributed by atoms with Crippen molar-refractivity contribution in [2.75, 3.05) is 6.61 Å². The van der Waals surface area contributed by atoms with Crippen molar-refractivity contribution in [3.8, 4) is 5.75 Å². The van der Waals surface area contributed by atoms with Crippen LogP contribution in [0.2, 0.25) is 0 Å². The van der Waals surface area contributed by atoms with Crippen LogP contribution in [0.3, 0.4) is 0 Å². The molecular weight excluding hydrogens is 218 g/mol. The van der Waals surface area contributed by atoms with Crippen molar-refractivity contribution in [2.24, 2.45) is 5.92 Å². The van der Waals surface area contributed by atoms with E-state index in [1.807, 2.05) is 11.5 Å². The van der Waals surface area contributed by atoms with Gasteiger partial charge in [0, 0.05) is 12.3 Å².